The van der Waals surface area contributed by atoms with Crippen molar-refractivity contribution in [1.82, 2.24) is 15.2 Å². The maximum atomic E-state index is 13.1. The number of alkyl carbamates (subject to hydrolysis) is 1. The number of hydrogen-bond acceptors (Lipinski definition) is 8. The van der Waals surface area contributed by atoms with Crippen molar-refractivity contribution >= 4 is 34.6 Å². The minimum absolute atomic E-state index is 0.0873. The quantitative estimate of drug-likeness (QED) is 0.0971. The molecule has 50 heavy (non-hydrogen) atoms. The summed E-state index contributed by atoms with van der Waals surface area (Å²) in [5.41, 5.74) is 3.53. The molecular formula is C39H46N4O7. The Labute approximate surface area is 292 Å². The molecule has 0 unspecified atom stereocenters. The number of anilines is 1. The number of carbonyl (C=O) groups excluding carboxylic acids is 3. The second-order valence-electron chi connectivity index (χ2n) is 12.8. The molecule has 0 spiro atoms. The lowest BCUT2D eigenvalue weighted by atomic mass is 9.89. The molecule has 2 aromatic rings. The van der Waals surface area contributed by atoms with Crippen molar-refractivity contribution in [3.63, 3.8) is 0 Å². The zero-order valence-electron chi connectivity index (χ0n) is 29.3. The monoisotopic (exact) mass is 682 g/mol. The van der Waals surface area contributed by atoms with E-state index in [1.807, 2.05) is 74.1 Å². The first kappa shape index (κ1) is 36.1. The molecule has 5 rings (SSSR count). The zero-order chi connectivity index (χ0) is 35.6. The molecule has 3 aliphatic rings. The van der Waals surface area contributed by atoms with Gasteiger partial charge in [-0.25, -0.2) is 9.37 Å². The Bertz CT molecular complexity index is 1910. The average molecular weight is 683 g/mol. The van der Waals surface area contributed by atoms with Crippen molar-refractivity contribution in [3.05, 3.63) is 83.2 Å². The SMILES string of the molecule is CN(C)c1ccc2c(-c3ccc(C(=O)NCCCCCNC(=O)OC[C@@H]4CC/C=C\CCO4)cc3C(=O)[O-])c3ccc(=[N+](C)C)cc-3oc2c1. The smallest absolute Gasteiger partial charge is 0.407 e. The molecule has 0 radical (unpaired) electrons. The number of rotatable bonds is 12. The highest BCUT2D eigenvalue weighted by molar-refractivity contribution is 6.09. The van der Waals surface area contributed by atoms with Crippen LogP contribution < -0.4 is 30.6 Å². The number of aromatic carboxylic acids is 1. The number of unbranched alkanes of at least 4 members (excludes halogenated alkanes) is 2. The van der Waals surface area contributed by atoms with Crippen LogP contribution in [0.25, 0.3) is 33.4 Å². The molecule has 0 saturated carbocycles. The third-order valence-electron chi connectivity index (χ3n) is 8.76. The van der Waals surface area contributed by atoms with Crippen molar-refractivity contribution in [2.45, 2.75) is 44.6 Å². The summed E-state index contributed by atoms with van der Waals surface area (Å²) in [6.45, 7) is 1.72. The Kier molecular flexibility index (Phi) is 12.3. The summed E-state index contributed by atoms with van der Waals surface area (Å²) in [7, 11) is 7.76. The summed E-state index contributed by atoms with van der Waals surface area (Å²) in [5, 5.41) is 19.9. The van der Waals surface area contributed by atoms with Gasteiger partial charge in [0.25, 0.3) is 5.91 Å². The van der Waals surface area contributed by atoms with Gasteiger partial charge in [-0.15, -0.1) is 0 Å². The summed E-state index contributed by atoms with van der Waals surface area (Å²) in [5.74, 6) is -1.16. The highest BCUT2D eigenvalue weighted by atomic mass is 16.6. The molecule has 1 atom stereocenters. The molecule has 264 valence electrons. The molecule has 2 aromatic carbocycles. The van der Waals surface area contributed by atoms with E-state index in [1.165, 1.54) is 6.07 Å². The van der Waals surface area contributed by atoms with E-state index in [0.717, 1.165) is 54.1 Å². The number of benzene rings is 3. The van der Waals surface area contributed by atoms with Crippen molar-refractivity contribution in [2.75, 3.05) is 59.4 Å². The Morgan fingerprint density at radius 2 is 1.68 bits per heavy atom. The van der Waals surface area contributed by atoms with Crippen molar-refractivity contribution in [2.24, 2.45) is 0 Å². The van der Waals surface area contributed by atoms with E-state index < -0.39 is 12.1 Å². The number of hydrogen-bond donors (Lipinski definition) is 2. The number of carbonyl (C=O) groups is 3. The van der Waals surface area contributed by atoms with Crippen LogP contribution in [0.2, 0.25) is 0 Å². The lowest BCUT2D eigenvalue weighted by Gasteiger charge is -2.20. The van der Waals surface area contributed by atoms with E-state index in [4.69, 9.17) is 13.9 Å². The summed E-state index contributed by atoms with van der Waals surface area (Å²) in [4.78, 5) is 39.7. The molecule has 11 nitrogen and oxygen atoms in total. The number of carboxylic acids is 1. The maximum Gasteiger partial charge on any atom is 0.407 e. The van der Waals surface area contributed by atoms with Gasteiger partial charge in [-0.05, 0) is 74.4 Å². The summed E-state index contributed by atoms with van der Waals surface area (Å²) in [6.07, 6.45) is 8.46. The van der Waals surface area contributed by atoms with Gasteiger partial charge in [0.1, 0.15) is 32.0 Å². The lowest BCUT2D eigenvalue weighted by molar-refractivity contribution is -0.254. The minimum Gasteiger partial charge on any atom is -0.545 e. The van der Waals surface area contributed by atoms with E-state index in [-0.39, 0.29) is 29.7 Å². The van der Waals surface area contributed by atoms with Crippen LogP contribution in [0.5, 0.6) is 0 Å². The highest BCUT2D eigenvalue weighted by Crippen LogP contribution is 2.42. The largest absolute Gasteiger partial charge is 0.545 e. The number of amides is 2. The highest BCUT2D eigenvalue weighted by Gasteiger charge is 2.22. The third-order valence-corrected chi connectivity index (χ3v) is 8.76. The van der Waals surface area contributed by atoms with Crippen LogP contribution in [-0.2, 0) is 9.47 Å². The zero-order valence-corrected chi connectivity index (χ0v) is 29.3. The van der Waals surface area contributed by atoms with Gasteiger partial charge in [-0.3, -0.25) is 4.79 Å². The Balaban J connectivity index is 1.22. The number of allylic oxidation sites excluding steroid dienone is 1. The van der Waals surface area contributed by atoms with Gasteiger partial charge >= 0.3 is 6.09 Å². The second-order valence-corrected chi connectivity index (χ2v) is 12.8. The lowest BCUT2D eigenvalue weighted by Crippen LogP contribution is -2.30. The topological polar surface area (TPSA) is 136 Å². The first-order valence-electron chi connectivity index (χ1n) is 17.1. The van der Waals surface area contributed by atoms with Gasteiger partial charge in [0.2, 0.25) is 5.36 Å². The van der Waals surface area contributed by atoms with Gasteiger partial charge in [0, 0.05) is 72.6 Å². The van der Waals surface area contributed by atoms with Crippen LogP contribution in [0.1, 0.15) is 59.2 Å². The van der Waals surface area contributed by atoms with E-state index in [1.54, 1.807) is 12.1 Å². The van der Waals surface area contributed by atoms with Crippen LogP contribution in [-0.4, -0.2) is 78.6 Å². The molecule has 0 aromatic heterocycles. The number of carboxylic acid groups (broad SMARTS) is 1. The van der Waals surface area contributed by atoms with Gasteiger partial charge in [0.15, 0.2) is 0 Å². The average Bonchev–Trinajstić information content (AvgIpc) is 3.08. The van der Waals surface area contributed by atoms with Gasteiger partial charge in [-0.1, -0.05) is 18.2 Å². The normalized spacial score (nSPS) is 15.2. The van der Waals surface area contributed by atoms with Crippen molar-refractivity contribution < 1.29 is 33.4 Å². The van der Waals surface area contributed by atoms with E-state index in [9.17, 15) is 19.5 Å². The van der Waals surface area contributed by atoms with Crippen molar-refractivity contribution in [1.29, 1.82) is 0 Å². The second kappa shape index (κ2) is 17.0. The van der Waals surface area contributed by atoms with E-state index in [0.29, 0.717) is 48.6 Å². The van der Waals surface area contributed by atoms with E-state index in [2.05, 4.69) is 22.8 Å². The molecule has 2 N–H and O–H groups in total. The van der Waals surface area contributed by atoms with Gasteiger partial charge < -0.3 is 39.3 Å². The molecule has 2 heterocycles. The molecule has 11 heteroatoms. The first-order valence-corrected chi connectivity index (χ1v) is 17.1. The fourth-order valence-electron chi connectivity index (χ4n) is 5.96. The molecule has 0 fully saturated rings. The molecule has 0 bridgehead atoms. The summed E-state index contributed by atoms with van der Waals surface area (Å²) >= 11 is 0. The first-order chi connectivity index (χ1) is 24.1. The molecule has 1 aliphatic carbocycles. The Morgan fingerprint density at radius 1 is 0.920 bits per heavy atom. The molecule has 0 saturated heterocycles. The number of fused-ring (bicyclic) bond motifs is 2. The standard InChI is InChI=1S/C39H46N4O7/c1-42(2)27-14-17-31-34(23-27)50-35-24-28(43(3)4)15-18-32(35)36(31)30-16-13-26(22-33(30)38(45)46)37(44)40-19-9-7-10-20-41-39(47)49-25-29-12-8-5-6-11-21-48-29/h5-6,13-18,22-24,29H,7-12,19-21,25H2,1-4H3,(H2-,40,41,44,45,46,47)/b6-5-/t29-/m0/s1. The molecule has 2 aliphatic heterocycles. The predicted octanol–water partition coefficient (Wildman–Crippen LogP) is 4.42. The van der Waals surface area contributed by atoms with Gasteiger partial charge in [0.05, 0.1) is 24.7 Å². The van der Waals surface area contributed by atoms with Crippen LogP contribution in [0, 0.1) is 0 Å². The van der Waals surface area contributed by atoms with Crippen LogP contribution in [0.3, 0.4) is 0 Å². The number of nitrogens with zero attached hydrogens (tertiary/aromatic N) is 2. The van der Waals surface area contributed by atoms with Crippen molar-refractivity contribution in [3.8, 4) is 22.5 Å². The Hall–Kier alpha value is -5.16. The van der Waals surface area contributed by atoms with Crippen LogP contribution >= 0.6 is 0 Å². The molecule has 2 amide bonds. The Morgan fingerprint density at radius 3 is 2.44 bits per heavy atom. The maximum absolute atomic E-state index is 13.1. The fourth-order valence-corrected chi connectivity index (χ4v) is 5.96. The summed E-state index contributed by atoms with van der Waals surface area (Å²) in [6, 6.07) is 16.3. The van der Waals surface area contributed by atoms with Gasteiger partial charge in [-0.2, -0.15) is 0 Å². The van der Waals surface area contributed by atoms with Crippen LogP contribution in [0.4, 0.5) is 10.5 Å². The van der Waals surface area contributed by atoms with E-state index >= 15 is 0 Å². The number of nitrogens with one attached hydrogen (secondary N) is 2. The number of ether oxygens (including phenoxy) is 2. The predicted molar refractivity (Wildman–Crippen MR) is 192 cm³/mol. The third kappa shape index (κ3) is 9.09. The summed E-state index contributed by atoms with van der Waals surface area (Å²) < 4.78 is 19.4. The molecular weight excluding hydrogens is 636 g/mol. The fraction of sp³-hybridized carbons (Fsp3) is 0.385. The van der Waals surface area contributed by atoms with Crippen LogP contribution in [0.15, 0.2) is 71.2 Å². The minimum atomic E-state index is -1.38.